The van der Waals surface area contributed by atoms with Gasteiger partial charge in [0.05, 0.1) is 12.5 Å². The molecule has 7 heteroatoms. The second-order valence-corrected chi connectivity index (χ2v) is 8.29. The van der Waals surface area contributed by atoms with E-state index in [9.17, 15) is 4.21 Å². The van der Waals surface area contributed by atoms with Gasteiger partial charge in [-0.2, -0.15) is 4.98 Å². The van der Waals surface area contributed by atoms with E-state index < -0.39 is 10.8 Å². The van der Waals surface area contributed by atoms with Gasteiger partial charge >= 0.3 is 0 Å². The fraction of sp³-hybridized carbons (Fsp3) is 0.421. The number of fused-ring (bicyclic) bond motifs is 1. The van der Waals surface area contributed by atoms with Crippen molar-refractivity contribution < 1.29 is 4.21 Å². The van der Waals surface area contributed by atoms with Crippen LogP contribution in [0.25, 0.3) is 11.2 Å². The highest BCUT2D eigenvalue weighted by Gasteiger charge is 2.16. The highest BCUT2D eigenvalue weighted by atomic mass is 32.2. The van der Waals surface area contributed by atoms with E-state index >= 15 is 0 Å². The molecule has 0 saturated heterocycles. The van der Waals surface area contributed by atoms with Crippen LogP contribution >= 0.6 is 0 Å². The molecule has 0 spiro atoms. The summed E-state index contributed by atoms with van der Waals surface area (Å²) in [6, 6.07) is 7.49. The molecule has 0 aliphatic heterocycles. The first-order valence-electron chi connectivity index (χ1n) is 9.07. The Balaban J connectivity index is 1.54. The van der Waals surface area contributed by atoms with E-state index in [1.54, 1.807) is 12.5 Å². The molecule has 1 saturated carbocycles. The Morgan fingerprint density at radius 3 is 2.65 bits per heavy atom. The monoisotopic (exact) mass is 369 g/mol. The molecule has 2 heterocycles. The standard InChI is InChI=1S/C19H23N5OS/c1-26(25)16-9-7-15(8-10-16)22-19-20-11-17-18(23-19)24(13-21-17)12-14-5-3-2-4-6-14/h7-11,13-14H,2-6,12H2,1H3,(H,20,22,23). The van der Waals surface area contributed by atoms with Crippen molar-refractivity contribution >= 4 is 33.6 Å². The Morgan fingerprint density at radius 1 is 1.15 bits per heavy atom. The van der Waals surface area contributed by atoms with Crippen molar-refractivity contribution in [3.8, 4) is 0 Å². The van der Waals surface area contributed by atoms with Crippen LogP contribution in [0.2, 0.25) is 0 Å². The highest BCUT2D eigenvalue weighted by molar-refractivity contribution is 7.84. The maximum Gasteiger partial charge on any atom is 0.229 e. The lowest BCUT2D eigenvalue weighted by Crippen LogP contribution is -2.14. The number of anilines is 2. The van der Waals surface area contributed by atoms with Gasteiger partial charge in [0.25, 0.3) is 0 Å². The van der Waals surface area contributed by atoms with Gasteiger partial charge < -0.3 is 9.88 Å². The van der Waals surface area contributed by atoms with Crippen LogP contribution in [0.3, 0.4) is 0 Å². The van der Waals surface area contributed by atoms with Crippen molar-refractivity contribution in [2.75, 3.05) is 11.6 Å². The molecule has 136 valence electrons. The Kier molecular flexibility index (Phi) is 4.97. The van der Waals surface area contributed by atoms with E-state index in [4.69, 9.17) is 0 Å². The summed E-state index contributed by atoms with van der Waals surface area (Å²) in [5.74, 6) is 1.27. The molecule has 1 atom stereocenters. The SMILES string of the molecule is CS(=O)c1ccc(Nc2ncc3ncn(CC4CCCCC4)c3n2)cc1. The Bertz CT molecular complexity index is 915. The maximum absolute atomic E-state index is 11.5. The summed E-state index contributed by atoms with van der Waals surface area (Å²) >= 11 is 0. The smallest absolute Gasteiger partial charge is 0.229 e. The molecule has 1 N–H and O–H groups in total. The predicted octanol–water partition coefficient (Wildman–Crippen LogP) is 3.89. The second kappa shape index (κ2) is 7.53. The zero-order valence-corrected chi connectivity index (χ0v) is 15.7. The van der Waals surface area contributed by atoms with E-state index in [1.807, 2.05) is 30.6 Å². The minimum Gasteiger partial charge on any atom is -0.324 e. The van der Waals surface area contributed by atoms with Crippen molar-refractivity contribution in [1.82, 2.24) is 19.5 Å². The van der Waals surface area contributed by atoms with Gasteiger partial charge in [-0.3, -0.25) is 4.21 Å². The topological polar surface area (TPSA) is 72.7 Å². The summed E-state index contributed by atoms with van der Waals surface area (Å²) in [5.41, 5.74) is 2.57. The van der Waals surface area contributed by atoms with E-state index in [0.717, 1.165) is 34.2 Å². The molecule has 1 aliphatic carbocycles. The molecule has 2 aromatic heterocycles. The normalized spacial score (nSPS) is 16.7. The summed E-state index contributed by atoms with van der Waals surface area (Å²) in [6.07, 6.45) is 11.9. The van der Waals surface area contributed by atoms with E-state index in [1.165, 1.54) is 32.1 Å². The predicted molar refractivity (Wildman–Crippen MR) is 104 cm³/mol. The molecule has 0 amide bonds. The van der Waals surface area contributed by atoms with Gasteiger partial charge in [-0.1, -0.05) is 19.3 Å². The Hall–Kier alpha value is -2.28. The Labute approximate surface area is 155 Å². The third kappa shape index (κ3) is 3.77. The number of nitrogens with one attached hydrogen (secondary N) is 1. The molecule has 0 radical (unpaired) electrons. The fourth-order valence-corrected chi connectivity index (χ4v) is 4.08. The van der Waals surface area contributed by atoms with Crippen LogP contribution in [0, 0.1) is 5.92 Å². The number of imidazole rings is 1. The van der Waals surface area contributed by atoms with Crippen LogP contribution in [0.5, 0.6) is 0 Å². The summed E-state index contributed by atoms with van der Waals surface area (Å²) in [4.78, 5) is 14.3. The molecule has 3 aromatic rings. The molecule has 6 nitrogen and oxygen atoms in total. The van der Waals surface area contributed by atoms with Gasteiger partial charge in [0.1, 0.15) is 5.52 Å². The third-order valence-electron chi connectivity index (χ3n) is 4.98. The zero-order valence-electron chi connectivity index (χ0n) is 14.9. The first-order valence-corrected chi connectivity index (χ1v) is 10.6. The van der Waals surface area contributed by atoms with E-state index in [-0.39, 0.29) is 0 Å². The molecule has 0 bridgehead atoms. The largest absolute Gasteiger partial charge is 0.324 e. The number of rotatable bonds is 5. The van der Waals surface area contributed by atoms with Gasteiger partial charge in [-0.25, -0.2) is 9.97 Å². The van der Waals surface area contributed by atoms with Crippen LogP contribution in [0.1, 0.15) is 32.1 Å². The first-order chi connectivity index (χ1) is 12.7. The average molecular weight is 369 g/mol. The van der Waals surface area contributed by atoms with Gasteiger partial charge in [0.15, 0.2) is 5.65 Å². The van der Waals surface area contributed by atoms with Gasteiger partial charge in [-0.05, 0) is 43.0 Å². The van der Waals surface area contributed by atoms with Crippen LogP contribution in [-0.4, -0.2) is 30.0 Å². The molecule has 1 aliphatic rings. The van der Waals surface area contributed by atoms with Crippen molar-refractivity contribution in [2.24, 2.45) is 5.92 Å². The molecule has 4 rings (SSSR count). The van der Waals surface area contributed by atoms with Crippen molar-refractivity contribution in [1.29, 1.82) is 0 Å². The van der Waals surface area contributed by atoms with Crippen LogP contribution in [0.4, 0.5) is 11.6 Å². The van der Waals surface area contributed by atoms with Crippen molar-refractivity contribution in [3.05, 3.63) is 36.8 Å². The molecular formula is C19H23N5OS. The van der Waals surface area contributed by atoms with Crippen molar-refractivity contribution in [3.63, 3.8) is 0 Å². The zero-order chi connectivity index (χ0) is 17.9. The summed E-state index contributed by atoms with van der Waals surface area (Å²) < 4.78 is 13.6. The third-order valence-corrected chi connectivity index (χ3v) is 5.92. The van der Waals surface area contributed by atoms with Gasteiger partial charge in [0, 0.05) is 34.2 Å². The Morgan fingerprint density at radius 2 is 1.92 bits per heavy atom. The minimum atomic E-state index is -0.975. The van der Waals surface area contributed by atoms with Crippen LogP contribution < -0.4 is 5.32 Å². The summed E-state index contributed by atoms with van der Waals surface area (Å²) in [7, 11) is -0.975. The highest BCUT2D eigenvalue weighted by Crippen LogP contribution is 2.26. The first kappa shape index (κ1) is 17.1. The summed E-state index contributed by atoms with van der Waals surface area (Å²) in [6.45, 7) is 0.976. The fourth-order valence-electron chi connectivity index (χ4n) is 3.56. The number of hydrogen-bond acceptors (Lipinski definition) is 5. The number of hydrogen-bond donors (Lipinski definition) is 1. The second-order valence-electron chi connectivity index (χ2n) is 6.91. The lowest BCUT2D eigenvalue weighted by Gasteiger charge is -2.21. The molecule has 26 heavy (non-hydrogen) atoms. The lowest BCUT2D eigenvalue weighted by atomic mass is 9.89. The lowest BCUT2D eigenvalue weighted by molar-refractivity contribution is 0.321. The number of aromatic nitrogens is 4. The number of nitrogens with zero attached hydrogens (tertiary/aromatic N) is 4. The van der Waals surface area contributed by atoms with Gasteiger partial charge in [-0.15, -0.1) is 0 Å². The van der Waals surface area contributed by atoms with Crippen LogP contribution in [-0.2, 0) is 17.3 Å². The molecule has 1 aromatic carbocycles. The van der Waals surface area contributed by atoms with Crippen LogP contribution in [0.15, 0.2) is 41.7 Å². The minimum absolute atomic E-state index is 0.549. The van der Waals surface area contributed by atoms with E-state index in [0.29, 0.717) is 5.95 Å². The quantitative estimate of drug-likeness (QED) is 0.739. The maximum atomic E-state index is 11.5. The van der Waals surface area contributed by atoms with E-state index in [2.05, 4.69) is 24.8 Å². The summed E-state index contributed by atoms with van der Waals surface area (Å²) in [5, 5.41) is 3.22. The number of benzene rings is 1. The average Bonchev–Trinajstić information content (AvgIpc) is 3.05. The molecule has 1 unspecified atom stereocenters. The molecule has 1 fully saturated rings. The van der Waals surface area contributed by atoms with Crippen molar-refractivity contribution in [2.45, 2.75) is 43.5 Å². The molecular weight excluding hydrogens is 346 g/mol. The van der Waals surface area contributed by atoms with Gasteiger partial charge in [0.2, 0.25) is 5.95 Å².